The third kappa shape index (κ3) is 12.1. The lowest BCUT2D eigenvalue weighted by atomic mass is 10.0. The third-order valence-corrected chi connectivity index (χ3v) is 9.79. The Hall–Kier alpha value is -5.40. The summed E-state index contributed by atoms with van der Waals surface area (Å²) in [6, 6.07) is 4.52. The molecule has 1 aromatic carbocycles. The van der Waals surface area contributed by atoms with E-state index in [2.05, 4.69) is 36.6 Å². The predicted molar refractivity (Wildman–Crippen MR) is 198 cm³/mol. The van der Waals surface area contributed by atoms with Crippen LogP contribution in [0.1, 0.15) is 48.9 Å². The molecule has 1 aromatic heterocycles. The Balaban J connectivity index is 1.73. The van der Waals surface area contributed by atoms with E-state index in [1.165, 1.54) is 18.0 Å². The number of nitrogens with two attached hydrogens (primary N) is 3. The number of benzene rings is 1. The van der Waals surface area contributed by atoms with Gasteiger partial charge in [-0.25, -0.2) is 0 Å². The summed E-state index contributed by atoms with van der Waals surface area (Å²) in [5.41, 5.74) is 18.3. The highest BCUT2D eigenvalue weighted by Gasteiger charge is 2.34. The molecule has 18 nitrogen and oxygen atoms in total. The van der Waals surface area contributed by atoms with Gasteiger partial charge in [0.2, 0.25) is 41.4 Å². The molecule has 3 heterocycles. The molecule has 0 unspecified atom stereocenters. The Labute approximate surface area is 315 Å². The normalized spacial score (nSPS) is 24.3. The number of hydrogen-bond acceptors (Lipinski definition) is 12. The summed E-state index contributed by atoms with van der Waals surface area (Å²) in [7, 11) is 0. The van der Waals surface area contributed by atoms with Gasteiger partial charge in [-0.1, -0.05) is 30.3 Å². The van der Waals surface area contributed by atoms with Crippen LogP contribution in [-0.2, 0) is 46.4 Å². The number of carbonyl (C=O) groups excluding carboxylic acids is 7. The van der Waals surface area contributed by atoms with Gasteiger partial charge in [-0.2, -0.15) is 0 Å². The zero-order chi connectivity index (χ0) is 39.2. The number of aromatic nitrogens is 1. The number of aliphatic imine (C=N–C) groups is 1. The van der Waals surface area contributed by atoms with Crippen LogP contribution >= 0.6 is 11.8 Å². The minimum Gasteiger partial charge on any atom is -0.394 e. The van der Waals surface area contributed by atoms with Gasteiger partial charge in [0.25, 0.3) is 0 Å². The van der Waals surface area contributed by atoms with Gasteiger partial charge in [-0.3, -0.25) is 43.5 Å². The highest BCUT2D eigenvalue weighted by Crippen LogP contribution is 2.24. The summed E-state index contributed by atoms with van der Waals surface area (Å²) in [5, 5.41) is 23.4. The Bertz CT molecular complexity index is 1730. The fourth-order valence-electron chi connectivity index (χ4n) is 5.75. The first-order chi connectivity index (χ1) is 25.9. The zero-order valence-corrected chi connectivity index (χ0v) is 30.3. The average Bonchev–Trinajstić information content (AvgIpc) is 3.65. The van der Waals surface area contributed by atoms with E-state index >= 15 is 0 Å². The smallest absolute Gasteiger partial charge is 0.246 e. The van der Waals surface area contributed by atoms with Gasteiger partial charge in [-0.05, 0) is 55.5 Å². The number of carbonyl (C=O) groups is 7. The molecule has 4 rings (SSSR count). The van der Waals surface area contributed by atoms with Crippen LogP contribution in [0.2, 0.25) is 0 Å². The summed E-state index contributed by atoms with van der Waals surface area (Å²) in [4.78, 5) is 101. The van der Waals surface area contributed by atoms with Crippen molar-refractivity contribution in [3.63, 3.8) is 0 Å². The predicted octanol–water partition coefficient (Wildman–Crippen LogP) is -2.96. The Kier molecular flexibility index (Phi) is 15.4. The monoisotopic (exact) mass is 766 g/mol. The van der Waals surface area contributed by atoms with Crippen LogP contribution in [0.25, 0.3) is 0 Å². The van der Waals surface area contributed by atoms with Crippen molar-refractivity contribution in [2.45, 2.75) is 81.2 Å². The first-order valence-electron chi connectivity index (χ1n) is 17.5. The molecule has 0 radical (unpaired) electrons. The van der Waals surface area contributed by atoms with Gasteiger partial charge in [0, 0.05) is 31.2 Å². The number of nitrogens with zero attached hydrogens (tertiary/aromatic N) is 2. The fourth-order valence-corrected chi connectivity index (χ4v) is 6.76. The van der Waals surface area contributed by atoms with Crippen molar-refractivity contribution in [1.82, 2.24) is 31.6 Å². The summed E-state index contributed by atoms with van der Waals surface area (Å²) in [5.74, 6) is -5.36. The van der Waals surface area contributed by atoms with Crippen LogP contribution in [-0.4, -0.2) is 112 Å². The van der Waals surface area contributed by atoms with Crippen LogP contribution < -0.4 is 43.8 Å². The molecule has 12 N–H and O–H groups in total. The standard InChI is InChI=1S/C35H46N10O8S/c36-12-5-4-8-21-30(49)42-23(29(38)48)15-20-11-13-39-25(16-20)35-45-27(18-54-35)34(53)43-24(14-19-6-2-1-3-7-19)32(51)41-22(9-10-28(37)47)31(50)44-26(17-46)33(52)40-21/h1-3,6-7,11,13,16,21-24,26-27,46H,4-5,8-10,12,14-15,17-18,36H2,(H2,37,47)(H2,38,48)(H,40,52)(H,41,51)(H,42,49)(H,43,53)(H,44,50)/t21-,22-,23-,24-,26-,27-/m0/s1. The Morgan fingerprint density at radius 1 is 0.796 bits per heavy atom. The maximum absolute atomic E-state index is 13.8. The lowest BCUT2D eigenvalue weighted by molar-refractivity contribution is -0.136. The molecule has 2 aliphatic heterocycles. The van der Waals surface area contributed by atoms with E-state index in [1.807, 2.05) is 0 Å². The van der Waals surface area contributed by atoms with E-state index in [9.17, 15) is 38.7 Å². The minimum atomic E-state index is -1.61. The summed E-state index contributed by atoms with van der Waals surface area (Å²) in [6.45, 7) is -0.599. The second-order valence-electron chi connectivity index (χ2n) is 12.9. The van der Waals surface area contributed by atoms with Crippen molar-refractivity contribution >= 4 is 58.2 Å². The van der Waals surface area contributed by atoms with Crippen molar-refractivity contribution in [3.8, 4) is 0 Å². The molecule has 7 amide bonds. The van der Waals surface area contributed by atoms with Crippen LogP contribution in [0.3, 0.4) is 0 Å². The highest BCUT2D eigenvalue weighted by molar-refractivity contribution is 8.14. The number of fused-ring (bicyclic) bond motifs is 4. The van der Waals surface area contributed by atoms with Gasteiger partial charge >= 0.3 is 0 Å². The van der Waals surface area contributed by atoms with Gasteiger partial charge in [0.1, 0.15) is 41.3 Å². The number of rotatable bonds is 11. The molecular weight excluding hydrogens is 721 g/mol. The van der Waals surface area contributed by atoms with Gasteiger partial charge in [0.05, 0.1) is 12.3 Å². The number of thioether (sulfide) groups is 1. The van der Waals surface area contributed by atoms with Crippen molar-refractivity contribution in [2.24, 2.45) is 22.2 Å². The molecule has 54 heavy (non-hydrogen) atoms. The van der Waals surface area contributed by atoms with Crippen molar-refractivity contribution in [3.05, 3.63) is 65.5 Å². The average molecular weight is 767 g/mol. The molecule has 0 spiro atoms. The molecule has 6 atom stereocenters. The van der Waals surface area contributed by atoms with E-state index in [4.69, 9.17) is 17.2 Å². The molecule has 290 valence electrons. The topological polar surface area (TPSA) is 303 Å². The minimum absolute atomic E-state index is 0.0267. The van der Waals surface area contributed by atoms with Gasteiger partial charge < -0.3 is 48.9 Å². The second-order valence-corrected chi connectivity index (χ2v) is 13.9. The summed E-state index contributed by atoms with van der Waals surface area (Å²) < 4.78 is 0. The maximum atomic E-state index is 13.8. The van der Waals surface area contributed by atoms with Crippen molar-refractivity contribution in [1.29, 1.82) is 0 Å². The van der Waals surface area contributed by atoms with E-state index in [-0.39, 0.29) is 37.9 Å². The first kappa shape index (κ1) is 41.4. The number of pyridine rings is 1. The number of primary amides is 2. The summed E-state index contributed by atoms with van der Waals surface area (Å²) >= 11 is 1.27. The molecule has 0 saturated heterocycles. The van der Waals surface area contributed by atoms with E-state index < -0.39 is 84.2 Å². The van der Waals surface area contributed by atoms with Crippen LogP contribution in [0.5, 0.6) is 0 Å². The number of hydrogen-bond donors (Lipinski definition) is 9. The lowest BCUT2D eigenvalue weighted by Crippen LogP contribution is -2.60. The fraction of sp³-hybridized carbons (Fsp3) is 0.457. The molecule has 2 aliphatic rings. The third-order valence-electron chi connectivity index (χ3n) is 8.72. The van der Waals surface area contributed by atoms with Crippen LogP contribution in [0.4, 0.5) is 0 Å². The first-order valence-corrected chi connectivity index (χ1v) is 18.5. The Morgan fingerprint density at radius 2 is 1.43 bits per heavy atom. The van der Waals surface area contributed by atoms with E-state index in [1.54, 1.807) is 42.5 Å². The number of nitrogens with one attached hydrogen (secondary N) is 5. The molecule has 4 bridgehead atoms. The molecule has 0 aliphatic carbocycles. The maximum Gasteiger partial charge on any atom is 0.246 e. The molecular formula is C35H46N10O8S. The number of unbranched alkanes of at least 4 members (excludes halogenated alkanes) is 1. The molecule has 2 aromatic rings. The molecule has 0 saturated carbocycles. The molecule has 0 fully saturated rings. The summed E-state index contributed by atoms with van der Waals surface area (Å²) in [6.07, 6.45) is 1.87. The SMILES string of the molecule is NCCCC[C@@H]1NC(=O)[C@H](CO)NC(=O)[C@H](CCC(N)=O)NC(=O)[C@H](Cc2ccccc2)NC(=O)[C@@H]2CSC(=N2)c2cc(ccn2)C[C@@H](C(N)=O)NC1=O. The van der Waals surface area contributed by atoms with Crippen molar-refractivity contribution in [2.75, 3.05) is 18.9 Å². The van der Waals surface area contributed by atoms with Crippen molar-refractivity contribution < 1.29 is 38.7 Å². The largest absolute Gasteiger partial charge is 0.394 e. The number of aliphatic hydroxyl groups is 1. The Morgan fingerprint density at radius 3 is 2.09 bits per heavy atom. The van der Waals surface area contributed by atoms with E-state index in [0.29, 0.717) is 41.3 Å². The van der Waals surface area contributed by atoms with E-state index in [0.717, 1.165) is 0 Å². The van der Waals surface area contributed by atoms with Gasteiger partial charge in [0.15, 0.2) is 0 Å². The number of amides is 7. The number of aliphatic hydroxyl groups excluding tert-OH is 1. The van der Waals surface area contributed by atoms with Crippen LogP contribution in [0, 0.1) is 0 Å². The van der Waals surface area contributed by atoms with Gasteiger partial charge in [-0.15, -0.1) is 11.8 Å². The second kappa shape index (κ2) is 20.2. The highest BCUT2D eigenvalue weighted by atomic mass is 32.2. The lowest BCUT2D eigenvalue weighted by Gasteiger charge is -2.26. The quantitative estimate of drug-likeness (QED) is 0.104. The van der Waals surface area contributed by atoms with Crippen LogP contribution in [0.15, 0.2) is 53.7 Å². The molecule has 19 heteroatoms. The zero-order valence-electron chi connectivity index (χ0n) is 29.5.